The zero-order valence-corrected chi connectivity index (χ0v) is 15.7. The number of hydrazone groups is 1. The third-order valence-electron chi connectivity index (χ3n) is 3.87. The van der Waals surface area contributed by atoms with Crippen LogP contribution in [0.2, 0.25) is 5.02 Å². The molecule has 0 bridgehead atoms. The smallest absolute Gasteiger partial charge is 0.289 e. The molecule has 7 heteroatoms. The number of nitrogens with one attached hydrogen (secondary N) is 2. The van der Waals surface area contributed by atoms with Gasteiger partial charge in [0.1, 0.15) is 11.4 Å². The fraction of sp³-hybridized carbons (Fsp3) is 0.150. The first kappa shape index (κ1) is 18.7. The van der Waals surface area contributed by atoms with Crippen molar-refractivity contribution in [3.63, 3.8) is 0 Å². The zero-order valence-electron chi connectivity index (χ0n) is 15.0. The van der Waals surface area contributed by atoms with Gasteiger partial charge < -0.3 is 4.74 Å². The van der Waals surface area contributed by atoms with Crippen molar-refractivity contribution in [2.75, 3.05) is 6.61 Å². The van der Waals surface area contributed by atoms with Crippen molar-refractivity contribution in [2.45, 2.75) is 13.8 Å². The monoisotopic (exact) mass is 382 g/mol. The van der Waals surface area contributed by atoms with Gasteiger partial charge in [-0.2, -0.15) is 10.2 Å². The van der Waals surface area contributed by atoms with Crippen LogP contribution in [0.1, 0.15) is 29.9 Å². The summed E-state index contributed by atoms with van der Waals surface area (Å²) in [7, 11) is 0. The van der Waals surface area contributed by atoms with E-state index in [0.29, 0.717) is 28.7 Å². The lowest BCUT2D eigenvalue weighted by atomic mass is 10.1. The number of ether oxygens (including phenoxy) is 1. The minimum absolute atomic E-state index is 0.309. The highest BCUT2D eigenvalue weighted by Crippen LogP contribution is 2.28. The number of carbonyl (C=O) groups is 1. The number of hydrogen-bond donors (Lipinski definition) is 2. The Labute approximate surface area is 162 Å². The van der Waals surface area contributed by atoms with Gasteiger partial charge in [-0.25, -0.2) is 5.43 Å². The molecule has 1 aromatic heterocycles. The van der Waals surface area contributed by atoms with Gasteiger partial charge >= 0.3 is 0 Å². The SMILES string of the molecule is CCOc1ccccc1-c1cc(C(=O)NN=C(C)c2ccc(Cl)cc2)[nH]n1. The molecule has 3 rings (SSSR count). The second kappa shape index (κ2) is 8.51. The van der Waals surface area contributed by atoms with Crippen LogP contribution in [0.3, 0.4) is 0 Å². The predicted molar refractivity (Wildman–Crippen MR) is 106 cm³/mol. The molecule has 1 amide bonds. The largest absolute Gasteiger partial charge is 0.493 e. The minimum Gasteiger partial charge on any atom is -0.493 e. The van der Waals surface area contributed by atoms with Gasteiger partial charge in [-0.1, -0.05) is 35.9 Å². The summed E-state index contributed by atoms with van der Waals surface area (Å²) in [6, 6.07) is 16.4. The Bertz CT molecular complexity index is 964. The van der Waals surface area contributed by atoms with Crippen molar-refractivity contribution >= 4 is 23.2 Å². The maximum absolute atomic E-state index is 12.3. The molecule has 2 N–H and O–H groups in total. The second-order valence-electron chi connectivity index (χ2n) is 5.74. The molecule has 6 nitrogen and oxygen atoms in total. The molecule has 0 aliphatic rings. The minimum atomic E-state index is -0.379. The van der Waals surface area contributed by atoms with Gasteiger partial charge in [0.05, 0.1) is 18.0 Å². The Kier molecular flexibility index (Phi) is 5.88. The lowest BCUT2D eigenvalue weighted by Crippen LogP contribution is -2.19. The van der Waals surface area contributed by atoms with E-state index in [4.69, 9.17) is 16.3 Å². The van der Waals surface area contributed by atoms with E-state index in [1.807, 2.05) is 43.3 Å². The van der Waals surface area contributed by atoms with Crippen LogP contribution in [-0.2, 0) is 0 Å². The number of halogens is 1. The maximum atomic E-state index is 12.3. The lowest BCUT2D eigenvalue weighted by molar-refractivity contribution is 0.0950. The van der Waals surface area contributed by atoms with Crippen molar-refractivity contribution in [3.05, 3.63) is 70.9 Å². The van der Waals surface area contributed by atoms with E-state index in [1.54, 1.807) is 25.1 Å². The van der Waals surface area contributed by atoms with Crippen LogP contribution in [0, 0.1) is 0 Å². The van der Waals surface area contributed by atoms with Crippen LogP contribution in [0.4, 0.5) is 0 Å². The fourth-order valence-electron chi connectivity index (χ4n) is 2.49. The summed E-state index contributed by atoms with van der Waals surface area (Å²) in [5, 5.41) is 11.7. The first-order chi connectivity index (χ1) is 13.1. The molecule has 0 aliphatic heterocycles. The average Bonchev–Trinajstić information content (AvgIpc) is 3.17. The predicted octanol–water partition coefficient (Wildman–Crippen LogP) is 4.28. The third-order valence-corrected chi connectivity index (χ3v) is 4.12. The molecule has 3 aromatic rings. The Balaban J connectivity index is 1.74. The van der Waals surface area contributed by atoms with Gasteiger partial charge in [-0.15, -0.1) is 0 Å². The van der Waals surface area contributed by atoms with Gasteiger partial charge in [0.15, 0.2) is 0 Å². The molecule has 0 saturated carbocycles. The Morgan fingerprint density at radius 1 is 1.22 bits per heavy atom. The molecular formula is C20H19ClN4O2. The van der Waals surface area contributed by atoms with Crippen molar-refractivity contribution in [1.29, 1.82) is 0 Å². The van der Waals surface area contributed by atoms with Crippen molar-refractivity contribution in [1.82, 2.24) is 15.6 Å². The number of nitrogens with zero attached hydrogens (tertiary/aromatic N) is 2. The summed E-state index contributed by atoms with van der Waals surface area (Å²) in [5.74, 6) is 0.339. The van der Waals surface area contributed by atoms with E-state index in [9.17, 15) is 4.79 Å². The van der Waals surface area contributed by atoms with Gasteiger partial charge in [0, 0.05) is 10.6 Å². The van der Waals surface area contributed by atoms with Crippen LogP contribution in [0.15, 0.2) is 59.7 Å². The van der Waals surface area contributed by atoms with E-state index in [1.165, 1.54) is 0 Å². The summed E-state index contributed by atoms with van der Waals surface area (Å²) in [6.45, 7) is 4.27. The number of aromatic nitrogens is 2. The second-order valence-corrected chi connectivity index (χ2v) is 6.18. The highest BCUT2D eigenvalue weighted by atomic mass is 35.5. The summed E-state index contributed by atoms with van der Waals surface area (Å²) >= 11 is 5.88. The number of aromatic amines is 1. The molecule has 27 heavy (non-hydrogen) atoms. The molecule has 0 fully saturated rings. The number of para-hydroxylation sites is 1. The molecule has 0 aliphatic carbocycles. The molecule has 0 radical (unpaired) electrons. The molecule has 0 unspecified atom stereocenters. The summed E-state index contributed by atoms with van der Waals surface area (Å²) in [4.78, 5) is 12.3. The average molecular weight is 383 g/mol. The normalized spacial score (nSPS) is 11.3. The number of carbonyl (C=O) groups excluding carboxylic acids is 1. The van der Waals surface area contributed by atoms with Gasteiger partial charge in [0.2, 0.25) is 0 Å². The van der Waals surface area contributed by atoms with Crippen LogP contribution in [0.25, 0.3) is 11.3 Å². The number of benzene rings is 2. The van der Waals surface area contributed by atoms with E-state index in [2.05, 4.69) is 20.7 Å². The highest BCUT2D eigenvalue weighted by Gasteiger charge is 2.13. The number of rotatable bonds is 6. The molecule has 0 atom stereocenters. The van der Waals surface area contributed by atoms with Crippen molar-refractivity contribution in [3.8, 4) is 17.0 Å². The molecule has 0 spiro atoms. The molecular weight excluding hydrogens is 364 g/mol. The first-order valence-electron chi connectivity index (χ1n) is 8.46. The van der Waals surface area contributed by atoms with E-state index in [0.717, 1.165) is 16.9 Å². The fourth-order valence-corrected chi connectivity index (χ4v) is 2.61. The van der Waals surface area contributed by atoms with Gasteiger partial charge in [-0.05, 0) is 49.7 Å². The van der Waals surface area contributed by atoms with Crippen LogP contribution < -0.4 is 10.2 Å². The zero-order chi connectivity index (χ0) is 19.2. The lowest BCUT2D eigenvalue weighted by Gasteiger charge is -2.07. The van der Waals surface area contributed by atoms with Crippen molar-refractivity contribution in [2.24, 2.45) is 5.10 Å². The van der Waals surface area contributed by atoms with Gasteiger partial charge in [-0.3, -0.25) is 9.89 Å². The molecule has 2 aromatic carbocycles. The van der Waals surface area contributed by atoms with E-state index < -0.39 is 0 Å². The molecule has 0 saturated heterocycles. The maximum Gasteiger partial charge on any atom is 0.289 e. The Morgan fingerprint density at radius 3 is 2.70 bits per heavy atom. The standard InChI is InChI=1S/C20H19ClN4O2/c1-3-27-19-7-5-4-6-16(19)17-12-18(24-23-17)20(26)25-22-13(2)14-8-10-15(21)11-9-14/h4-12H,3H2,1-2H3,(H,23,24)(H,25,26). The Hall–Kier alpha value is -3.12. The summed E-state index contributed by atoms with van der Waals surface area (Å²) in [5.41, 5.74) is 5.82. The summed E-state index contributed by atoms with van der Waals surface area (Å²) < 4.78 is 5.61. The van der Waals surface area contributed by atoms with Crippen LogP contribution >= 0.6 is 11.6 Å². The third kappa shape index (κ3) is 4.54. The first-order valence-corrected chi connectivity index (χ1v) is 8.84. The van der Waals surface area contributed by atoms with Crippen LogP contribution in [0.5, 0.6) is 5.75 Å². The number of H-pyrrole nitrogens is 1. The highest BCUT2D eigenvalue weighted by molar-refractivity contribution is 6.30. The summed E-state index contributed by atoms with van der Waals surface area (Å²) in [6.07, 6.45) is 0. The van der Waals surface area contributed by atoms with Crippen LogP contribution in [-0.4, -0.2) is 28.4 Å². The molecule has 1 heterocycles. The number of hydrogen-bond acceptors (Lipinski definition) is 4. The van der Waals surface area contributed by atoms with Crippen molar-refractivity contribution < 1.29 is 9.53 Å². The number of amides is 1. The topological polar surface area (TPSA) is 79.4 Å². The van der Waals surface area contributed by atoms with E-state index in [-0.39, 0.29) is 5.91 Å². The molecule has 138 valence electrons. The van der Waals surface area contributed by atoms with E-state index >= 15 is 0 Å². The Morgan fingerprint density at radius 2 is 1.96 bits per heavy atom. The van der Waals surface area contributed by atoms with Gasteiger partial charge in [0.25, 0.3) is 5.91 Å². The quantitative estimate of drug-likeness (QED) is 0.493.